The van der Waals surface area contributed by atoms with E-state index in [4.69, 9.17) is 19.9 Å². The quantitative estimate of drug-likeness (QED) is 0.406. The molecule has 5 rings (SSSR count). The molecular formula is C26H28N6O4. The Labute approximate surface area is 208 Å². The largest absolute Gasteiger partial charge is 0.490 e. The van der Waals surface area contributed by atoms with Crippen molar-refractivity contribution < 1.29 is 19.0 Å². The predicted molar refractivity (Wildman–Crippen MR) is 134 cm³/mol. The molecule has 1 amide bonds. The topological polar surface area (TPSA) is 126 Å². The first kappa shape index (κ1) is 23.6. The summed E-state index contributed by atoms with van der Waals surface area (Å²) >= 11 is 0. The number of carbonyl (C=O) groups excluding carboxylic acids is 1. The summed E-state index contributed by atoms with van der Waals surface area (Å²) in [6.45, 7) is 3.56. The van der Waals surface area contributed by atoms with Gasteiger partial charge in [0.2, 0.25) is 11.8 Å². The molecule has 1 fully saturated rings. The van der Waals surface area contributed by atoms with E-state index in [1.165, 1.54) is 7.11 Å². The van der Waals surface area contributed by atoms with Crippen LogP contribution >= 0.6 is 0 Å². The third kappa shape index (κ3) is 4.94. The van der Waals surface area contributed by atoms with Gasteiger partial charge in [-0.3, -0.25) is 4.79 Å². The fourth-order valence-corrected chi connectivity index (χ4v) is 4.27. The second kappa shape index (κ2) is 10.2. The average molecular weight is 489 g/mol. The molecule has 4 aromatic rings. The van der Waals surface area contributed by atoms with Gasteiger partial charge in [-0.25, -0.2) is 9.50 Å². The van der Waals surface area contributed by atoms with E-state index in [1.54, 1.807) is 16.8 Å². The first-order valence-electron chi connectivity index (χ1n) is 11.8. The first-order chi connectivity index (χ1) is 17.5. The number of aryl methyl sites for hydroxylation is 1. The minimum atomic E-state index is -0.297. The van der Waals surface area contributed by atoms with Crippen LogP contribution < -0.4 is 20.5 Å². The Bertz CT molecular complexity index is 1400. The fourth-order valence-electron chi connectivity index (χ4n) is 4.27. The number of pyridine rings is 2. The summed E-state index contributed by atoms with van der Waals surface area (Å²) in [5, 5.41) is 7.10. The molecular weight excluding hydrogens is 460 g/mol. The van der Waals surface area contributed by atoms with E-state index < -0.39 is 0 Å². The normalized spacial score (nSPS) is 14.1. The number of hydrogen-bond acceptors (Lipinski definition) is 8. The summed E-state index contributed by atoms with van der Waals surface area (Å²) in [5.74, 6) is 0.917. The number of rotatable bonds is 7. The number of nitrogens with two attached hydrogens (primary N) is 1. The van der Waals surface area contributed by atoms with Crippen molar-refractivity contribution >= 4 is 17.5 Å². The maximum absolute atomic E-state index is 13.3. The SMILES string of the molecule is COc1nc(C)c(-c2ccn3nc(N)nc3c2)cc1C(=O)NCc1ccccc1OC1CCOCC1. The maximum atomic E-state index is 13.3. The molecule has 0 unspecified atom stereocenters. The van der Waals surface area contributed by atoms with Crippen LogP contribution in [0.3, 0.4) is 0 Å². The Kier molecular flexibility index (Phi) is 6.68. The summed E-state index contributed by atoms with van der Waals surface area (Å²) < 4.78 is 18.7. The molecule has 10 nitrogen and oxygen atoms in total. The summed E-state index contributed by atoms with van der Waals surface area (Å²) in [5.41, 5.74) is 9.89. The Morgan fingerprint density at radius 3 is 2.81 bits per heavy atom. The number of ether oxygens (including phenoxy) is 3. The van der Waals surface area contributed by atoms with Crippen LogP contribution in [0.2, 0.25) is 0 Å². The standard InChI is InChI=1S/C26H28N6O4/c1-16-20(17-7-10-32-23(13-17)30-26(27)31-32)14-21(25(29-16)34-2)24(33)28-15-18-5-3-4-6-22(18)36-19-8-11-35-12-9-19/h3-7,10,13-14,19H,8-9,11-12,15H2,1-2H3,(H2,27,31)(H,28,33). The summed E-state index contributed by atoms with van der Waals surface area (Å²) in [7, 11) is 1.50. The number of methoxy groups -OCH3 is 1. The van der Waals surface area contributed by atoms with Gasteiger partial charge in [-0.2, -0.15) is 4.98 Å². The molecule has 0 atom stereocenters. The molecule has 10 heteroatoms. The van der Waals surface area contributed by atoms with Gasteiger partial charge in [-0.1, -0.05) is 18.2 Å². The molecule has 0 spiro atoms. The monoisotopic (exact) mass is 488 g/mol. The number of nitrogens with zero attached hydrogens (tertiary/aromatic N) is 4. The van der Waals surface area contributed by atoms with Gasteiger partial charge >= 0.3 is 0 Å². The zero-order valence-corrected chi connectivity index (χ0v) is 20.2. The third-order valence-corrected chi connectivity index (χ3v) is 6.15. The minimum absolute atomic E-state index is 0.109. The molecule has 1 saturated heterocycles. The second-order valence-electron chi connectivity index (χ2n) is 8.59. The maximum Gasteiger partial charge on any atom is 0.257 e. The molecule has 4 heterocycles. The lowest BCUT2D eigenvalue weighted by Crippen LogP contribution is -2.27. The smallest absolute Gasteiger partial charge is 0.257 e. The number of nitrogen functional groups attached to an aromatic ring is 1. The Morgan fingerprint density at radius 1 is 1.19 bits per heavy atom. The van der Waals surface area contributed by atoms with Crippen molar-refractivity contribution in [2.45, 2.75) is 32.4 Å². The molecule has 3 aromatic heterocycles. The molecule has 1 aromatic carbocycles. The lowest BCUT2D eigenvalue weighted by Gasteiger charge is -2.24. The summed E-state index contributed by atoms with van der Waals surface area (Å²) in [4.78, 5) is 22.0. The van der Waals surface area contributed by atoms with Crippen molar-refractivity contribution in [2.24, 2.45) is 0 Å². The van der Waals surface area contributed by atoms with Crippen molar-refractivity contribution in [3.8, 4) is 22.8 Å². The van der Waals surface area contributed by atoms with Crippen LogP contribution in [0.25, 0.3) is 16.8 Å². The molecule has 36 heavy (non-hydrogen) atoms. The van der Waals surface area contributed by atoms with Crippen molar-refractivity contribution in [1.29, 1.82) is 0 Å². The van der Waals surface area contributed by atoms with E-state index in [1.807, 2.05) is 43.3 Å². The van der Waals surface area contributed by atoms with E-state index in [0.717, 1.165) is 41.0 Å². The van der Waals surface area contributed by atoms with E-state index in [-0.39, 0.29) is 23.8 Å². The van der Waals surface area contributed by atoms with E-state index in [9.17, 15) is 4.79 Å². The highest BCUT2D eigenvalue weighted by Gasteiger charge is 2.20. The number of anilines is 1. The molecule has 3 N–H and O–H groups in total. The van der Waals surface area contributed by atoms with Crippen molar-refractivity contribution in [1.82, 2.24) is 24.9 Å². The summed E-state index contributed by atoms with van der Waals surface area (Å²) in [6.07, 6.45) is 3.58. The number of aromatic nitrogens is 4. The lowest BCUT2D eigenvalue weighted by molar-refractivity contribution is 0.0251. The van der Waals surface area contributed by atoms with Gasteiger partial charge in [0.05, 0.1) is 20.3 Å². The van der Waals surface area contributed by atoms with E-state index >= 15 is 0 Å². The van der Waals surface area contributed by atoms with Crippen LogP contribution in [-0.4, -0.2) is 51.9 Å². The van der Waals surface area contributed by atoms with Gasteiger partial charge in [0.15, 0.2) is 5.65 Å². The van der Waals surface area contributed by atoms with E-state index in [2.05, 4.69) is 20.4 Å². The first-order valence-corrected chi connectivity index (χ1v) is 11.8. The molecule has 0 radical (unpaired) electrons. The Balaban J connectivity index is 1.38. The van der Waals surface area contributed by atoms with Gasteiger partial charge in [0.25, 0.3) is 5.91 Å². The predicted octanol–water partition coefficient (Wildman–Crippen LogP) is 3.18. The second-order valence-corrected chi connectivity index (χ2v) is 8.59. The number of carbonyl (C=O) groups is 1. The Hall–Kier alpha value is -4.18. The Morgan fingerprint density at radius 2 is 2.00 bits per heavy atom. The number of para-hydroxylation sites is 1. The van der Waals surface area contributed by atoms with Gasteiger partial charge in [-0.15, -0.1) is 5.10 Å². The van der Waals surface area contributed by atoms with Gasteiger partial charge in [0.1, 0.15) is 17.4 Å². The third-order valence-electron chi connectivity index (χ3n) is 6.15. The number of nitrogens with one attached hydrogen (secondary N) is 1. The number of amides is 1. The minimum Gasteiger partial charge on any atom is -0.490 e. The lowest BCUT2D eigenvalue weighted by atomic mass is 10.0. The van der Waals surface area contributed by atoms with Crippen LogP contribution in [0.15, 0.2) is 48.7 Å². The van der Waals surface area contributed by atoms with Crippen LogP contribution in [0, 0.1) is 6.92 Å². The number of benzene rings is 1. The van der Waals surface area contributed by atoms with Gasteiger partial charge < -0.3 is 25.3 Å². The zero-order valence-electron chi connectivity index (χ0n) is 20.2. The van der Waals surface area contributed by atoms with Crippen LogP contribution in [-0.2, 0) is 11.3 Å². The van der Waals surface area contributed by atoms with Crippen LogP contribution in [0.4, 0.5) is 5.95 Å². The molecule has 186 valence electrons. The summed E-state index contributed by atoms with van der Waals surface area (Å²) in [6, 6.07) is 13.2. The van der Waals surface area contributed by atoms with Crippen LogP contribution in [0.1, 0.15) is 34.5 Å². The van der Waals surface area contributed by atoms with Crippen LogP contribution in [0.5, 0.6) is 11.6 Å². The molecule has 0 bridgehead atoms. The van der Waals surface area contributed by atoms with Crippen molar-refractivity contribution in [3.63, 3.8) is 0 Å². The van der Waals surface area contributed by atoms with Crippen molar-refractivity contribution in [3.05, 3.63) is 65.5 Å². The average Bonchev–Trinajstić information content (AvgIpc) is 3.27. The van der Waals surface area contributed by atoms with E-state index in [0.29, 0.717) is 31.0 Å². The highest BCUT2D eigenvalue weighted by atomic mass is 16.5. The van der Waals surface area contributed by atoms with Gasteiger partial charge in [-0.05, 0) is 36.8 Å². The van der Waals surface area contributed by atoms with Crippen molar-refractivity contribution in [2.75, 3.05) is 26.1 Å². The molecule has 1 aliphatic rings. The molecule has 0 saturated carbocycles. The number of fused-ring (bicyclic) bond motifs is 1. The fraction of sp³-hybridized carbons (Fsp3) is 0.308. The number of hydrogen-bond donors (Lipinski definition) is 2. The zero-order chi connectivity index (χ0) is 25.1. The molecule has 0 aliphatic carbocycles. The highest BCUT2D eigenvalue weighted by molar-refractivity contribution is 5.97. The molecule has 1 aliphatic heterocycles. The highest BCUT2D eigenvalue weighted by Crippen LogP contribution is 2.29. The van der Waals surface area contributed by atoms with Gasteiger partial charge in [0, 0.05) is 42.4 Å².